The maximum atomic E-state index is 13.8. The van der Waals surface area contributed by atoms with Gasteiger partial charge < -0.3 is 14.4 Å². The van der Waals surface area contributed by atoms with Gasteiger partial charge in [0.25, 0.3) is 5.91 Å². The van der Waals surface area contributed by atoms with Gasteiger partial charge in [-0.1, -0.05) is 36.4 Å². The molecule has 0 saturated carbocycles. The van der Waals surface area contributed by atoms with Crippen LogP contribution < -0.4 is 0 Å². The third kappa shape index (κ3) is 4.63. The molecule has 2 aromatic carbocycles. The quantitative estimate of drug-likeness (QED) is 0.430. The zero-order chi connectivity index (χ0) is 23.4. The van der Waals surface area contributed by atoms with Gasteiger partial charge in [-0.2, -0.15) is 0 Å². The number of ether oxygens (including phenoxy) is 2. The summed E-state index contributed by atoms with van der Waals surface area (Å²) in [6.07, 6.45) is 2.00. The van der Waals surface area contributed by atoms with Crippen LogP contribution >= 0.6 is 0 Å². The summed E-state index contributed by atoms with van der Waals surface area (Å²) in [6.45, 7) is 5.74. The van der Waals surface area contributed by atoms with Crippen LogP contribution in [0.5, 0.6) is 0 Å². The van der Waals surface area contributed by atoms with Crippen LogP contribution in [0, 0.1) is 0 Å². The number of likely N-dealkylation sites (tertiary alicyclic amines) is 1. The maximum Gasteiger partial charge on any atom is 0.327 e. The number of urea groups is 1. The number of nitrogens with zero attached hydrogens (tertiary/aromatic N) is 3. The fourth-order valence-corrected chi connectivity index (χ4v) is 5.28. The van der Waals surface area contributed by atoms with Crippen molar-refractivity contribution < 1.29 is 19.1 Å². The molecule has 2 saturated heterocycles. The van der Waals surface area contributed by atoms with Gasteiger partial charge in [-0.25, -0.2) is 4.79 Å². The number of piperidine rings is 1. The van der Waals surface area contributed by atoms with Crippen LogP contribution in [-0.2, 0) is 20.8 Å². The first-order valence-corrected chi connectivity index (χ1v) is 11.8. The summed E-state index contributed by atoms with van der Waals surface area (Å²) in [6, 6.07) is 14.4. The van der Waals surface area contributed by atoms with Crippen LogP contribution in [0.15, 0.2) is 42.5 Å². The van der Waals surface area contributed by atoms with Crippen molar-refractivity contribution in [3.05, 3.63) is 48.0 Å². The highest BCUT2D eigenvalue weighted by Gasteiger charge is 2.57. The molecule has 2 aliphatic heterocycles. The Morgan fingerprint density at radius 3 is 2.42 bits per heavy atom. The molecule has 0 aliphatic carbocycles. The Kier molecular flexibility index (Phi) is 7.32. The van der Waals surface area contributed by atoms with Gasteiger partial charge in [-0.15, -0.1) is 0 Å². The number of rotatable bonds is 9. The standard InChI is InChI=1S/C26H35N3O4/c1-20(19-33-3)27-14-11-26(12-15-27)24(30)28(25(31)29(26)13-6-16-32-2)18-21-9-10-22-7-4-5-8-23(22)17-21/h4-5,7-10,17,20H,6,11-16,18-19H2,1-3H3. The van der Waals surface area contributed by atoms with E-state index in [0.29, 0.717) is 45.6 Å². The Morgan fingerprint density at radius 2 is 1.73 bits per heavy atom. The molecule has 0 aromatic heterocycles. The molecule has 33 heavy (non-hydrogen) atoms. The predicted molar refractivity (Wildman–Crippen MR) is 128 cm³/mol. The van der Waals surface area contributed by atoms with E-state index in [4.69, 9.17) is 9.47 Å². The molecule has 4 rings (SSSR count). The lowest BCUT2D eigenvalue weighted by Crippen LogP contribution is -2.58. The molecule has 7 heteroatoms. The summed E-state index contributed by atoms with van der Waals surface area (Å²) in [5, 5.41) is 2.26. The average molecular weight is 454 g/mol. The molecule has 2 fully saturated rings. The van der Waals surface area contributed by atoms with Crippen LogP contribution in [0.2, 0.25) is 0 Å². The van der Waals surface area contributed by atoms with Crippen molar-refractivity contribution in [3.8, 4) is 0 Å². The molecule has 2 aliphatic rings. The minimum atomic E-state index is -0.759. The first-order valence-electron chi connectivity index (χ1n) is 11.8. The number of imide groups is 1. The summed E-state index contributed by atoms with van der Waals surface area (Å²) < 4.78 is 10.5. The predicted octanol–water partition coefficient (Wildman–Crippen LogP) is 3.51. The van der Waals surface area contributed by atoms with E-state index in [1.807, 2.05) is 23.1 Å². The summed E-state index contributed by atoms with van der Waals surface area (Å²) >= 11 is 0. The number of carbonyl (C=O) groups is 2. The van der Waals surface area contributed by atoms with E-state index >= 15 is 0 Å². The maximum absolute atomic E-state index is 13.8. The topological polar surface area (TPSA) is 62.3 Å². The smallest absolute Gasteiger partial charge is 0.327 e. The molecule has 1 unspecified atom stereocenters. The third-order valence-corrected chi connectivity index (χ3v) is 7.16. The SMILES string of the molecule is COCCCN1C(=O)N(Cc2ccc3ccccc3c2)C(=O)C12CCN(C(C)COC)CC2. The lowest BCUT2D eigenvalue weighted by Gasteiger charge is -2.44. The highest BCUT2D eigenvalue weighted by Crippen LogP contribution is 2.38. The normalized spacial score (nSPS) is 19.7. The van der Waals surface area contributed by atoms with Crippen molar-refractivity contribution in [2.24, 2.45) is 0 Å². The van der Waals surface area contributed by atoms with E-state index in [1.165, 1.54) is 4.90 Å². The molecule has 0 N–H and O–H groups in total. The van der Waals surface area contributed by atoms with E-state index in [9.17, 15) is 9.59 Å². The number of methoxy groups -OCH3 is 2. The van der Waals surface area contributed by atoms with Gasteiger partial charge in [-0.05, 0) is 48.6 Å². The van der Waals surface area contributed by atoms with Crippen molar-refractivity contribution in [3.63, 3.8) is 0 Å². The Hall–Kier alpha value is -2.48. The number of fused-ring (bicyclic) bond motifs is 1. The fourth-order valence-electron chi connectivity index (χ4n) is 5.28. The molecule has 0 radical (unpaired) electrons. The van der Waals surface area contributed by atoms with Crippen LogP contribution in [0.3, 0.4) is 0 Å². The molecule has 1 spiro atoms. The molecular formula is C26H35N3O4. The number of hydrogen-bond donors (Lipinski definition) is 0. The Bertz CT molecular complexity index is 986. The highest BCUT2D eigenvalue weighted by atomic mass is 16.5. The first kappa shape index (κ1) is 23.7. The lowest BCUT2D eigenvalue weighted by molar-refractivity contribution is -0.136. The van der Waals surface area contributed by atoms with Crippen LogP contribution in [0.25, 0.3) is 10.8 Å². The zero-order valence-electron chi connectivity index (χ0n) is 20.0. The van der Waals surface area contributed by atoms with E-state index < -0.39 is 5.54 Å². The fraction of sp³-hybridized carbons (Fsp3) is 0.538. The third-order valence-electron chi connectivity index (χ3n) is 7.16. The van der Waals surface area contributed by atoms with Crippen LogP contribution in [-0.4, -0.2) is 85.3 Å². The van der Waals surface area contributed by atoms with E-state index in [1.54, 1.807) is 14.2 Å². The van der Waals surface area contributed by atoms with E-state index in [-0.39, 0.29) is 18.0 Å². The average Bonchev–Trinajstić information content (AvgIpc) is 3.01. The molecule has 2 heterocycles. The van der Waals surface area contributed by atoms with Gasteiger partial charge in [0.1, 0.15) is 5.54 Å². The largest absolute Gasteiger partial charge is 0.385 e. The van der Waals surface area contributed by atoms with Gasteiger partial charge in [0.2, 0.25) is 0 Å². The molecule has 178 valence electrons. The minimum Gasteiger partial charge on any atom is -0.385 e. The van der Waals surface area contributed by atoms with Crippen molar-refractivity contribution in [1.82, 2.24) is 14.7 Å². The number of amides is 3. The Labute approximate surface area is 196 Å². The number of hydrogen-bond acceptors (Lipinski definition) is 5. The van der Waals surface area contributed by atoms with E-state index in [0.717, 1.165) is 29.4 Å². The van der Waals surface area contributed by atoms with Gasteiger partial charge in [0, 0.05) is 46.5 Å². The van der Waals surface area contributed by atoms with Gasteiger partial charge in [0.05, 0.1) is 13.2 Å². The molecule has 7 nitrogen and oxygen atoms in total. The Morgan fingerprint density at radius 1 is 1.00 bits per heavy atom. The zero-order valence-corrected chi connectivity index (χ0v) is 20.0. The van der Waals surface area contributed by atoms with Crippen molar-refractivity contribution in [2.75, 3.05) is 47.1 Å². The monoisotopic (exact) mass is 453 g/mol. The minimum absolute atomic E-state index is 0.0582. The van der Waals surface area contributed by atoms with Crippen molar-refractivity contribution in [1.29, 1.82) is 0 Å². The van der Waals surface area contributed by atoms with Gasteiger partial charge in [0.15, 0.2) is 0 Å². The summed E-state index contributed by atoms with van der Waals surface area (Å²) in [7, 11) is 3.37. The second-order valence-corrected chi connectivity index (χ2v) is 9.23. The summed E-state index contributed by atoms with van der Waals surface area (Å²) in [5.74, 6) is -0.0582. The van der Waals surface area contributed by atoms with Crippen molar-refractivity contribution in [2.45, 2.75) is 44.3 Å². The van der Waals surface area contributed by atoms with E-state index in [2.05, 4.69) is 36.1 Å². The van der Waals surface area contributed by atoms with Gasteiger partial charge >= 0.3 is 6.03 Å². The van der Waals surface area contributed by atoms with Gasteiger partial charge in [-0.3, -0.25) is 14.6 Å². The molecule has 2 aromatic rings. The summed E-state index contributed by atoms with van der Waals surface area (Å²) in [5.41, 5.74) is 0.209. The second kappa shape index (κ2) is 10.2. The molecule has 0 bridgehead atoms. The number of benzene rings is 2. The highest BCUT2D eigenvalue weighted by molar-refractivity contribution is 6.07. The first-order chi connectivity index (χ1) is 16.0. The molecule has 3 amide bonds. The van der Waals surface area contributed by atoms with Crippen molar-refractivity contribution >= 4 is 22.7 Å². The number of carbonyl (C=O) groups excluding carboxylic acids is 2. The van der Waals surface area contributed by atoms with Crippen LogP contribution in [0.1, 0.15) is 31.7 Å². The second-order valence-electron chi connectivity index (χ2n) is 9.23. The summed E-state index contributed by atoms with van der Waals surface area (Å²) in [4.78, 5) is 33.0. The molecular weight excluding hydrogens is 418 g/mol. The molecule has 1 atom stereocenters. The lowest BCUT2D eigenvalue weighted by atomic mass is 9.85. The Balaban J connectivity index is 1.56. The van der Waals surface area contributed by atoms with Crippen LogP contribution in [0.4, 0.5) is 4.79 Å².